The van der Waals surface area contributed by atoms with Gasteiger partial charge in [0.15, 0.2) is 0 Å². The first kappa shape index (κ1) is 13.0. The van der Waals surface area contributed by atoms with Gasteiger partial charge in [0.1, 0.15) is 0 Å². The highest BCUT2D eigenvalue weighted by atomic mass is 35.5. The highest BCUT2D eigenvalue weighted by Gasteiger charge is 2.13. The molecule has 0 unspecified atom stereocenters. The summed E-state index contributed by atoms with van der Waals surface area (Å²) < 4.78 is 0. The second kappa shape index (κ2) is 7.24. The first-order valence-electron chi connectivity index (χ1n) is 5.68. The Bertz CT molecular complexity index is 285. The summed E-state index contributed by atoms with van der Waals surface area (Å²) in [4.78, 5) is 1.30. The lowest BCUT2D eigenvalue weighted by atomic mass is 9.67. The maximum absolute atomic E-state index is 5.97. The number of hydrogen-bond donors (Lipinski definition) is 0. The van der Waals surface area contributed by atoms with Crippen LogP contribution in [0.5, 0.6) is 0 Å². The quantitative estimate of drug-likeness (QED) is 0.613. The van der Waals surface area contributed by atoms with Gasteiger partial charge >= 0.3 is 0 Å². The van der Waals surface area contributed by atoms with Gasteiger partial charge in [0.05, 0.1) is 0 Å². The third-order valence-corrected chi connectivity index (χ3v) is 3.89. The minimum atomic E-state index is 0.749. The topological polar surface area (TPSA) is 0 Å². The summed E-state index contributed by atoms with van der Waals surface area (Å²) in [6, 6.07) is 8.17. The van der Waals surface area contributed by atoms with Crippen LogP contribution in [0, 0.1) is 0 Å². The zero-order valence-electron chi connectivity index (χ0n) is 9.50. The molecule has 0 nitrogen and oxygen atoms in total. The largest absolute Gasteiger partial charge is 0.215 e. The van der Waals surface area contributed by atoms with E-state index >= 15 is 0 Å². The fraction of sp³-hybridized carbons (Fsp3) is 0.500. The molecule has 0 N–H and O–H groups in total. The Balaban J connectivity index is 2.56. The van der Waals surface area contributed by atoms with E-state index in [0.29, 0.717) is 0 Å². The summed E-state index contributed by atoms with van der Waals surface area (Å²) in [5, 5.41) is 0.840. The summed E-state index contributed by atoms with van der Waals surface area (Å²) >= 11 is 7.94. The highest BCUT2D eigenvalue weighted by molar-refractivity contribution is 8.25. The van der Waals surface area contributed by atoms with Gasteiger partial charge in [0, 0.05) is 5.02 Å². The summed E-state index contributed by atoms with van der Waals surface area (Å²) in [7, 11) is 0. The van der Waals surface area contributed by atoms with E-state index in [1.807, 2.05) is 23.7 Å². The van der Waals surface area contributed by atoms with Gasteiger partial charge in [0.2, 0.25) is 5.99 Å². The molecule has 1 aromatic rings. The zero-order valence-corrected chi connectivity index (χ0v) is 11.1. The lowest BCUT2D eigenvalue weighted by molar-refractivity contribution is 1.02. The van der Waals surface area contributed by atoms with Crippen LogP contribution < -0.4 is 0 Å². The van der Waals surface area contributed by atoms with E-state index in [0.717, 1.165) is 11.0 Å². The predicted molar refractivity (Wildman–Crippen MR) is 73.3 cm³/mol. The number of benzene rings is 1. The van der Waals surface area contributed by atoms with Crippen molar-refractivity contribution in [3.8, 4) is 0 Å². The van der Waals surface area contributed by atoms with Crippen molar-refractivity contribution in [3.63, 3.8) is 0 Å². The van der Waals surface area contributed by atoms with E-state index < -0.39 is 0 Å². The normalized spacial score (nSPS) is 10.3. The van der Waals surface area contributed by atoms with Gasteiger partial charge in [-0.05, 0) is 23.1 Å². The molecular formula is C12H18BClS. The van der Waals surface area contributed by atoms with Crippen molar-refractivity contribution in [2.24, 2.45) is 0 Å². The van der Waals surface area contributed by atoms with Crippen LogP contribution in [0.1, 0.15) is 26.7 Å². The monoisotopic (exact) mass is 240 g/mol. The standard InChI is InChI=1S/C12H18BClS/c1-3-8-13(9-4-2)15-12-7-5-6-11(14)10-12/h5-7,10H,3-4,8-9H2,1-2H3. The minimum Gasteiger partial charge on any atom is -0.176 e. The van der Waals surface area contributed by atoms with E-state index in [4.69, 9.17) is 11.6 Å². The van der Waals surface area contributed by atoms with Crippen molar-refractivity contribution in [3.05, 3.63) is 29.3 Å². The molecule has 3 heteroatoms. The molecule has 0 spiro atoms. The fourth-order valence-corrected chi connectivity index (χ4v) is 3.34. The van der Waals surface area contributed by atoms with Gasteiger partial charge in [-0.2, -0.15) is 11.6 Å². The molecule has 0 heterocycles. The molecule has 0 aliphatic heterocycles. The second-order valence-electron chi connectivity index (χ2n) is 3.77. The van der Waals surface area contributed by atoms with Gasteiger partial charge in [-0.15, -0.1) is 0 Å². The Hall–Kier alpha value is -0.0751. The van der Waals surface area contributed by atoms with E-state index in [1.54, 1.807) is 0 Å². The van der Waals surface area contributed by atoms with Crippen LogP contribution in [-0.2, 0) is 0 Å². The molecule has 0 saturated heterocycles. The lowest BCUT2D eigenvalue weighted by Crippen LogP contribution is -2.05. The zero-order chi connectivity index (χ0) is 11.1. The van der Waals surface area contributed by atoms with Crippen molar-refractivity contribution in [2.45, 2.75) is 44.2 Å². The maximum atomic E-state index is 5.97. The average molecular weight is 241 g/mol. The Morgan fingerprint density at radius 1 is 1.20 bits per heavy atom. The van der Waals surface area contributed by atoms with E-state index in [2.05, 4.69) is 26.0 Å². The van der Waals surface area contributed by atoms with Gasteiger partial charge in [-0.3, -0.25) is 0 Å². The lowest BCUT2D eigenvalue weighted by Gasteiger charge is -2.11. The molecule has 0 bridgehead atoms. The molecule has 82 valence electrons. The Labute approximate surface area is 103 Å². The molecule has 0 radical (unpaired) electrons. The molecule has 1 aromatic carbocycles. The SMILES string of the molecule is CCCB(CCC)Sc1cccc(Cl)c1. The van der Waals surface area contributed by atoms with Crippen LogP contribution >= 0.6 is 23.2 Å². The van der Waals surface area contributed by atoms with E-state index in [1.165, 1.54) is 30.4 Å². The number of halogens is 1. The Morgan fingerprint density at radius 2 is 1.87 bits per heavy atom. The van der Waals surface area contributed by atoms with E-state index in [9.17, 15) is 0 Å². The van der Waals surface area contributed by atoms with Gasteiger partial charge in [-0.25, -0.2) is 0 Å². The minimum absolute atomic E-state index is 0.749. The van der Waals surface area contributed by atoms with Gasteiger partial charge < -0.3 is 0 Å². The molecule has 0 aromatic heterocycles. The molecule has 0 aliphatic rings. The van der Waals surface area contributed by atoms with Crippen molar-refractivity contribution >= 4 is 29.2 Å². The molecule has 0 atom stereocenters. The van der Waals surface area contributed by atoms with Crippen molar-refractivity contribution in [1.82, 2.24) is 0 Å². The van der Waals surface area contributed by atoms with Crippen LogP contribution in [0.3, 0.4) is 0 Å². The highest BCUT2D eigenvalue weighted by Crippen LogP contribution is 2.28. The number of hydrogen-bond acceptors (Lipinski definition) is 1. The van der Waals surface area contributed by atoms with Crippen LogP contribution in [0.15, 0.2) is 29.2 Å². The molecule has 0 amide bonds. The summed E-state index contributed by atoms with van der Waals surface area (Å²) in [6.07, 6.45) is 5.12. The van der Waals surface area contributed by atoms with Crippen molar-refractivity contribution in [1.29, 1.82) is 0 Å². The molecular weight excluding hydrogens is 222 g/mol. The van der Waals surface area contributed by atoms with Crippen molar-refractivity contribution in [2.75, 3.05) is 0 Å². The summed E-state index contributed by atoms with van der Waals surface area (Å²) in [5.41, 5.74) is 0. The first-order chi connectivity index (χ1) is 7.26. The molecule has 0 saturated carbocycles. The van der Waals surface area contributed by atoms with Crippen molar-refractivity contribution < 1.29 is 0 Å². The molecule has 1 rings (SSSR count). The Morgan fingerprint density at radius 3 is 2.40 bits per heavy atom. The van der Waals surface area contributed by atoms with Crippen LogP contribution in [0.4, 0.5) is 0 Å². The summed E-state index contributed by atoms with van der Waals surface area (Å²) in [5.74, 6) is 0.749. The third kappa shape index (κ3) is 4.99. The molecule has 0 aliphatic carbocycles. The van der Waals surface area contributed by atoms with Crippen LogP contribution in [0.2, 0.25) is 17.7 Å². The molecule has 15 heavy (non-hydrogen) atoms. The smallest absolute Gasteiger partial charge is 0.176 e. The van der Waals surface area contributed by atoms with Crippen LogP contribution in [-0.4, -0.2) is 5.99 Å². The predicted octanol–water partition coefficient (Wildman–Crippen LogP) is 5.24. The van der Waals surface area contributed by atoms with Gasteiger partial charge in [0.25, 0.3) is 0 Å². The van der Waals surface area contributed by atoms with E-state index in [-0.39, 0.29) is 0 Å². The second-order valence-corrected chi connectivity index (χ2v) is 5.58. The fourth-order valence-electron chi connectivity index (χ4n) is 1.64. The third-order valence-electron chi connectivity index (χ3n) is 2.32. The average Bonchev–Trinajstić information content (AvgIpc) is 2.18. The first-order valence-corrected chi connectivity index (χ1v) is 6.94. The van der Waals surface area contributed by atoms with Crippen LogP contribution in [0.25, 0.3) is 0 Å². The Kier molecular flexibility index (Phi) is 6.27. The number of rotatable bonds is 6. The van der Waals surface area contributed by atoms with Gasteiger partial charge in [-0.1, -0.05) is 57.0 Å². The summed E-state index contributed by atoms with van der Waals surface area (Å²) in [6.45, 7) is 4.50. The maximum Gasteiger partial charge on any atom is 0.215 e. The molecule has 0 fully saturated rings.